The topological polar surface area (TPSA) is 12.0 Å². The predicted octanol–water partition coefficient (Wildman–Crippen LogP) is 4.85. The Bertz CT molecular complexity index is 553. The number of thiophene rings is 1. The Morgan fingerprint density at radius 2 is 2.16 bits per heavy atom. The minimum atomic E-state index is -0.213. The zero-order valence-electron chi connectivity index (χ0n) is 11.0. The standard InChI is InChI=1S/C15H17BrFNS/c1-3-18-15(12-9-19-8-10(12)2)7-11-4-5-14(17)13(16)6-11/h4-6,8-9,15,18H,3,7H2,1-2H3. The first kappa shape index (κ1) is 14.7. The van der Waals surface area contributed by atoms with Gasteiger partial charge in [-0.15, -0.1) is 0 Å². The van der Waals surface area contributed by atoms with E-state index in [2.05, 4.69) is 45.9 Å². The molecule has 0 bridgehead atoms. The Morgan fingerprint density at radius 1 is 1.37 bits per heavy atom. The van der Waals surface area contributed by atoms with E-state index in [0.29, 0.717) is 4.47 Å². The average Bonchev–Trinajstić information content (AvgIpc) is 2.79. The maximum Gasteiger partial charge on any atom is 0.137 e. The molecule has 1 atom stereocenters. The third kappa shape index (κ3) is 3.65. The summed E-state index contributed by atoms with van der Waals surface area (Å²) in [5.74, 6) is -0.213. The van der Waals surface area contributed by atoms with Gasteiger partial charge in [0.15, 0.2) is 0 Å². The first-order valence-corrected chi connectivity index (χ1v) is 8.05. The number of halogens is 2. The Labute approximate surface area is 126 Å². The Kier molecular flexibility index (Phi) is 5.13. The molecule has 19 heavy (non-hydrogen) atoms. The summed E-state index contributed by atoms with van der Waals surface area (Å²) in [5.41, 5.74) is 3.79. The molecule has 0 saturated heterocycles. The molecule has 1 nitrogen and oxygen atoms in total. The molecule has 4 heteroatoms. The summed E-state index contributed by atoms with van der Waals surface area (Å²) >= 11 is 4.97. The van der Waals surface area contributed by atoms with Gasteiger partial charge in [0.25, 0.3) is 0 Å². The summed E-state index contributed by atoms with van der Waals surface area (Å²) in [4.78, 5) is 0. The highest BCUT2D eigenvalue weighted by atomic mass is 79.9. The van der Waals surface area contributed by atoms with Gasteiger partial charge in [-0.2, -0.15) is 11.3 Å². The number of hydrogen-bond acceptors (Lipinski definition) is 2. The maximum atomic E-state index is 13.3. The van der Waals surface area contributed by atoms with Gasteiger partial charge in [0.2, 0.25) is 0 Å². The van der Waals surface area contributed by atoms with Crippen LogP contribution in [-0.4, -0.2) is 6.54 Å². The van der Waals surface area contributed by atoms with Crippen molar-refractivity contribution in [1.82, 2.24) is 5.32 Å². The van der Waals surface area contributed by atoms with Crippen LogP contribution in [-0.2, 0) is 6.42 Å². The van der Waals surface area contributed by atoms with Crippen molar-refractivity contribution in [3.05, 3.63) is 55.9 Å². The second-order valence-corrected chi connectivity index (χ2v) is 6.17. The number of likely N-dealkylation sites (N-methyl/N-ethyl adjacent to an activating group) is 1. The Morgan fingerprint density at radius 3 is 2.74 bits per heavy atom. The zero-order valence-corrected chi connectivity index (χ0v) is 13.4. The highest BCUT2D eigenvalue weighted by Crippen LogP contribution is 2.26. The molecule has 0 spiro atoms. The van der Waals surface area contributed by atoms with Crippen molar-refractivity contribution in [2.45, 2.75) is 26.3 Å². The highest BCUT2D eigenvalue weighted by molar-refractivity contribution is 9.10. The first-order valence-electron chi connectivity index (χ1n) is 6.31. The van der Waals surface area contributed by atoms with Gasteiger partial charge >= 0.3 is 0 Å². The molecule has 0 aliphatic carbocycles. The molecular formula is C15H17BrFNS. The molecule has 0 radical (unpaired) electrons. The van der Waals surface area contributed by atoms with Crippen LogP contribution in [0, 0.1) is 12.7 Å². The molecule has 0 aliphatic rings. The Balaban J connectivity index is 2.21. The van der Waals surface area contributed by atoms with Crippen molar-refractivity contribution < 1.29 is 4.39 Å². The quantitative estimate of drug-likeness (QED) is 0.819. The molecule has 102 valence electrons. The fraction of sp³-hybridized carbons (Fsp3) is 0.333. The van der Waals surface area contributed by atoms with Crippen LogP contribution in [0.25, 0.3) is 0 Å². The molecule has 2 aromatic rings. The Hall–Kier alpha value is -0.710. The third-order valence-electron chi connectivity index (χ3n) is 3.14. The largest absolute Gasteiger partial charge is 0.310 e. The van der Waals surface area contributed by atoms with Crippen LogP contribution in [0.15, 0.2) is 33.4 Å². The number of nitrogens with one attached hydrogen (secondary N) is 1. The molecule has 1 unspecified atom stereocenters. The summed E-state index contributed by atoms with van der Waals surface area (Å²) in [5, 5.41) is 7.87. The summed E-state index contributed by atoms with van der Waals surface area (Å²) in [6, 6.07) is 5.52. The van der Waals surface area contributed by atoms with Crippen LogP contribution in [0.3, 0.4) is 0 Å². The van der Waals surface area contributed by atoms with Crippen LogP contribution >= 0.6 is 27.3 Å². The number of benzene rings is 1. The molecule has 1 heterocycles. The number of aryl methyl sites for hydroxylation is 1. The third-order valence-corrected chi connectivity index (χ3v) is 4.63. The monoisotopic (exact) mass is 341 g/mol. The molecular weight excluding hydrogens is 325 g/mol. The maximum absolute atomic E-state index is 13.3. The molecule has 0 aliphatic heterocycles. The normalized spacial score (nSPS) is 12.6. The summed E-state index contributed by atoms with van der Waals surface area (Å²) in [6.07, 6.45) is 0.865. The van der Waals surface area contributed by atoms with Crippen molar-refractivity contribution in [2.75, 3.05) is 6.54 Å². The molecule has 1 aromatic heterocycles. The van der Waals surface area contributed by atoms with Gasteiger partial charge in [-0.1, -0.05) is 13.0 Å². The summed E-state index contributed by atoms with van der Waals surface area (Å²) in [6.45, 7) is 5.16. The second-order valence-electron chi connectivity index (χ2n) is 4.57. The van der Waals surface area contributed by atoms with E-state index in [-0.39, 0.29) is 11.9 Å². The lowest BCUT2D eigenvalue weighted by Gasteiger charge is -2.18. The van der Waals surface area contributed by atoms with Crippen LogP contribution in [0.2, 0.25) is 0 Å². The van der Waals surface area contributed by atoms with Gasteiger partial charge in [-0.25, -0.2) is 4.39 Å². The zero-order chi connectivity index (χ0) is 13.8. The van der Waals surface area contributed by atoms with Crippen molar-refractivity contribution in [3.8, 4) is 0 Å². The van der Waals surface area contributed by atoms with Gasteiger partial charge in [-0.3, -0.25) is 0 Å². The van der Waals surface area contributed by atoms with E-state index in [1.165, 1.54) is 17.2 Å². The van der Waals surface area contributed by atoms with E-state index in [1.54, 1.807) is 11.3 Å². The fourth-order valence-electron chi connectivity index (χ4n) is 2.17. The van der Waals surface area contributed by atoms with E-state index >= 15 is 0 Å². The second kappa shape index (κ2) is 6.64. The smallest absolute Gasteiger partial charge is 0.137 e. The molecule has 2 rings (SSSR count). The van der Waals surface area contributed by atoms with Crippen molar-refractivity contribution >= 4 is 27.3 Å². The van der Waals surface area contributed by atoms with Gasteiger partial charge in [0.1, 0.15) is 5.82 Å². The highest BCUT2D eigenvalue weighted by Gasteiger charge is 2.14. The lowest BCUT2D eigenvalue weighted by Crippen LogP contribution is -2.23. The summed E-state index contributed by atoms with van der Waals surface area (Å²) in [7, 11) is 0. The van der Waals surface area contributed by atoms with Crippen LogP contribution in [0.1, 0.15) is 29.7 Å². The first-order chi connectivity index (χ1) is 9.11. The van der Waals surface area contributed by atoms with Gasteiger partial charge in [-0.05, 0) is 75.4 Å². The van der Waals surface area contributed by atoms with E-state index in [4.69, 9.17) is 0 Å². The van der Waals surface area contributed by atoms with E-state index in [0.717, 1.165) is 18.5 Å². The fourth-order valence-corrected chi connectivity index (χ4v) is 3.50. The van der Waals surface area contributed by atoms with Crippen molar-refractivity contribution in [3.63, 3.8) is 0 Å². The molecule has 0 fully saturated rings. The van der Waals surface area contributed by atoms with Gasteiger partial charge in [0, 0.05) is 6.04 Å². The minimum absolute atomic E-state index is 0.213. The molecule has 0 saturated carbocycles. The molecule has 1 aromatic carbocycles. The van der Waals surface area contributed by atoms with Gasteiger partial charge in [0.05, 0.1) is 4.47 Å². The van der Waals surface area contributed by atoms with E-state index in [9.17, 15) is 4.39 Å². The van der Waals surface area contributed by atoms with Crippen LogP contribution in [0.4, 0.5) is 4.39 Å². The number of hydrogen-bond donors (Lipinski definition) is 1. The van der Waals surface area contributed by atoms with Crippen LogP contribution < -0.4 is 5.32 Å². The minimum Gasteiger partial charge on any atom is -0.310 e. The molecule has 0 amide bonds. The van der Waals surface area contributed by atoms with Crippen molar-refractivity contribution in [1.29, 1.82) is 0 Å². The molecule has 1 N–H and O–H groups in total. The average molecular weight is 342 g/mol. The SMILES string of the molecule is CCNC(Cc1ccc(F)c(Br)c1)c1cscc1C. The number of rotatable bonds is 5. The van der Waals surface area contributed by atoms with Gasteiger partial charge < -0.3 is 5.32 Å². The van der Waals surface area contributed by atoms with E-state index in [1.807, 2.05) is 12.1 Å². The van der Waals surface area contributed by atoms with E-state index < -0.39 is 0 Å². The lowest BCUT2D eigenvalue weighted by molar-refractivity contribution is 0.547. The van der Waals surface area contributed by atoms with Crippen molar-refractivity contribution in [2.24, 2.45) is 0 Å². The van der Waals surface area contributed by atoms with Crippen LogP contribution in [0.5, 0.6) is 0 Å². The predicted molar refractivity (Wildman–Crippen MR) is 83.3 cm³/mol. The summed E-state index contributed by atoms with van der Waals surface area (Å²) < 4.78 is 13.8. The lowest BCUT2D eigenvalue weighted by atomic mass is 9.98.